The monoisotopic (exact) mass is 199 g/mol. The highest BCUT2D eigenvalue weighted by Gasteiger charge is 2.11. The molecule has 0 saturated heterocycles. The first-order valence-electron chi connectivity index (χ1n) is 4.74. The van der Waals surface area contributed by atoms with Crippen molar-refractivity contribution in [1.82, 2.24) is 4.57 Å². The molecule has 0 bridgehead atoms. The second kappa shape index (κ2) is 2.73. The number of hydrogen-bond donors (Lipinski definition) is 0. The molecule has 15 heavy (non-hydrogen) atoms. The minimum absolute atomic E-state index is 0.00468. The average molecular weight is 199 g/mol. The van der Waals surface area contributed by atoms with Gasteiger partial charge in [-0.2, -0.15) is 0 Å². The Bertz CT molecular complexity index is 706. The van der Waals surface area contributed by atoms with Crippen molar-refractivity contribution in [3.05, 3.63) is 46.8 Å². The lowest BCUT2D eigenvalue weighted by molar-refractivity contribution is 0.605. The Morgan fingerprint density at radius 2 is 2.00 bits per heavy atom. The standard InChI is InChI=1S/C12H9NO2/c1-13-9-5-3-2-4-8(9)12-11(13)10(14)6-7-15-12/h2-7H,1H3. The first-order chi connectivity index (χ1) is 7.29. The van der Waals surface area contributed by atoms with Crippen LogP contribution in [0.3, 0.4) is 0 Å². The number of fused-ring (bicyclic) bond motifs is 3. The molecule has 0 aliphatic carbocycles. The summed E-state index contributed by atoms with van der Waals surface area (Å²) in [7, 11) is 1.88. The summed E-state index contributed by atoms with van der Waals surface area (Å²) in [6, 6.07) is 9.27. The van der Waals surface area contributed by atoms with Gasteiger partial charge in [0.25, 0.3) is 0 Å². The summed E-state index contributed by atoms with van der Waals surface area (Å²) in [6.07, 6.45) is 1.44. The SMILES string of the molecule is Cn1c2ccccc2c2occc(=O)c21. The third kappa shape index (κ3) is 0.973. The van der Waals surface area contributed by atoms with E-state index in [1.165, 1.54) is 12.3 Å². The van der Waals surface area contributed by atoms with Crippen molar-refractivity contribution >= 4 is 22.0 Å². The van der Waals surface area contributed by atoms with Crippen LogP contribution in [0.2, 0.25) is 0 Å². The summed E-state index contributed by atoms with van der Waals surface area (Å²) in [5, 5.41) is 0.979. The molecule has 0 radical (unpaired) electrons. The lowest BCUT2D eigenvalue weighted by Gasteiger charge is -1.94. The van der Waals surface area contributed by atoms with Crippen LogP contribution in [0.25, 0.3) is 22.0 Å². The lowest BCUT2D eigenvalue weighted by atomic mass is 10.2. The molecule has 0 amide bonds. The maximum atomic E-state index is 11.7. The van der Waals surface area contributed by atoms with E-state index < -0.39 is 0 Å². The number of benzene rings is 1. The van der Waals surface area contributed by atoms with Gasteiger partial charge in [0.15, 0.2) is 5.58 Å². The van der Waals surface area contributed by atoms with Crippen LogP contribution in [-0.2, 0) is 7.05 Å². The molecule has 3 nitrogen and oxygen atoms in total. The maximum absolute atomic E-state index is 11.7. The summed E-state index contributed by atoms with van der Waals surface area (Å²) in [4.78, 5) is 11.7. The van der Waals surface area contributed by atoms with Gasteiger partial charge in [-0.15, -0.1) is 0 Å². The average Bonchev–Trinajstić information content (AvgIpc) is 2.55. The van der Waals surface area contributed by atoms with Crippen LogP contribution < -0.4 is 5.43 Å². The van der Waals surface area contributed by atoms with E-state index in [1.54, 1.807) is 0 Å². The molecule has 0 saturated carbocycles. The van der Waals surface area contributed by atoms with E-state index in [0.29, 0.717) is 11.1 Å². The minimum atomic E-state index is -0.00468. The lowest BCUT2D eigenvalue weighted by Crippen LogP contribution is -2.02. The smallest absolute Gasteiger partial charge is 0.209 e. The van der Waals surface area contributed by atoms with Crippen LogP contribution >= 0.6 is 0 Å². The van der Waals surface area contributed by atoms with E-state index >= 15 is 0 Å². The van der Waals surface area contributed by atoms with Gasteiger partial charge in [-0.1, -0.05) is 12.1 Å². The van der Waals surface area contributed by atoms with Crippen LogP contribution in [0.1, 0.15) is 0 Å². The fraction of sp³-hybridized carbons (Fsp3) is 0.0833. The zero-order valence-electron chi connectivity index (χ0n) is 8.23. The van der Waals surface area contributed by atoms with Crippen LogP contribution in [0.5, 0.6) is 0 Å². The molecule has 2 heterocycles. The maximum Gasteiger partial charge on any atom is 0.209 e. The molecule has 0 aliphatic rings. The van der Waals surface area contributed by atoms with Gasteiger partial charge >= 0.3 is 0 Å². The van der Waals surface area contributed by atoms with Crippen LogP contribution in [0.4, 0.5) is 0 Å². The molecule has 0 atom stereocenters. The summed E-state index contributed by atoms with van der Waals surface area (Å²) < 4.78 is 7.28. The van der Waals surface area contributed by atoms with E-state index in [9.17, 15) is 4.79 Å². The zero-order valence-corrected chi connectivity index (χ0v) is 8.23. The highest BCUT2D eigenvalue weighted by Crippen LogP contribution is 2.24. The number of para-hydroxylation sites is 1. The predicted molar refractivity (Wildman–Crippen MR) is 59.0 cm³/mol. The highest BCUT2D eigenvalue weighted by molar-refractivity contribution is 6.04. The number of aryl methyl sites for hydroxylation is 1. The van der Waals surface area contributed by atoms with Crippen LogP contribution in [0.15, 0.2) is 45.8 Å². The molecular formula is C12H9NO2. The Labute approximate surface area is 85.5 Å². The topological polar surface area (TPSA) is 35.1 Å². The minimum Gasteiger partial charge on any atom is -0.462 e. The van der Waals surface area contributed by atoms with Gasteiger partial charge in [-0.25, -0.2) is 0 Å². The van der Waals surface area contributed by atoms with Gasteiger partial charge < -0.3 is 8.98 Å². The number of hydrogen-bond acceptors (Lipinski definition) is 2. The zero-order chi connectivity index (χ0) is 10.4. The van der Waals surface area contributed by atoms with E-state index in [-0.39, 0.29) is 5.43 Å². The Balaban J connectivity index is 2.76. The molecule has 1 aromatic carbocycles. The first kappa shape index (κ1) is 8.29. The Morgan fingerprint density at radius 1 is 1.20 bits per heavy atom. The van der Waals surface area contributed by atoms with Crippen molar-refractivity contribution in [2.45, 2.75) is 0 Å². The molecule has 0 N–H and O–H groups in total. The summed E-state index contributed by atoms with van der Waals surface area (Å²) in [5.74, 6) is 0. The fourth-order valence-electron chi connectivity index (χ4n) is 2.00. The van der Waals surface area contributed by atoms with Gasteiger partial charge in [-0.3, -0.25) is 4.79 Å². The Hall–Kier alpha value is -2.03. The molecule has 74 valence electrons. The van der Waals surface area contributed by atoms with Crippen molar-refractivity contribution in [2.24, 2.45) is 7.05 Å². The second-order valence-electron chi connectivity index (χ2n) is 3.54. The molecule has 0 aliphatic heterocycles. The third-order valence-corrected chi connectivity index (χ3v) is 2.70. The molecule has 3 rings (SSSR count). The van der Waals surface area contributed by atoms with Crippen molar-refractivity contribution in [3.63, 3.8) is 0 Å². The Kier molecular flexibility index (Phi) is 1.51. The van der Waals surface area contributed by atoms with Crippen LogP contribution in [0, 0.1) is 0 Å². The number of rotatable bonds is 0. The first-order valence-corrected chi connectivity index (χ1v) is 4.74. The third-order valence-electron chi connectivity index (χ3n) is 2.70. The molecule has 3 heteroatoms. The second-order valence-corrected chi connectivity index (χ2v) is 3.54. The van der Waals surface area contributed by atoms with Gasteiger partial charge in [0, 0.05) is 18.5 Å². The van der Waals surface area contributed by atoms with Gasteiger partial charge in [0.2, 0.25) is 5.43 Å². The highest BCUT2D eigenvalue weighted by atomic mass is 16.3. The molecule has 2 aromatic heterocycles. The molecule has 0 fully saturated rings. The van der Waals surface area contributed by atoms with Crippen molar-refractivity contribution in [3.8, 4) is 0 Å². The van der Waals surface area contributed by atoms with Crippen LogP contribution in [-0.4, -0.2) is 4.57 Å². The van der Waals surface area contributed by atoms with Crippen molar-refractivity contribution < 1.29 is 4.42 Å². The molecule has 3 aromatic rings. The quantitative estimate of drug-likeness (QED) is 0.556. The summed E-state index contributed by atoms with van der Waals surface area (Å²) in [5.41, 5.74) is 2.30. The molecule has 0 spiro atoms. The largest absolute Gasteiger partial charge is 0.462 e. The Morgan fingerprint density at radius 3 is 2.87 bits per heavy atom. The van der Waals surface area contributed by atoms with E-state index in [4.69, 9.17) is 4.42 Å². The van der Waals surface area contributed by atoms with Crippen molar-refractivity contribution in [1.29, 1.82) is 0 Å². The molecular weight excluding hydrogens is 190 g/mol. The fourth-order valence-corrected chi connectivity index (χ4v) is 2.00. The number of nitrogens with zero attached hydrogens (tertiary/aromatic N) is 1. The van der Waals surface area contributed by atoms with Gasteiger partial charge in [-0.05, 0) is 12.1 Å². The number of aromatic nitrogens is 1. The van der Waals surface area contributed by atoms with E-state index in [2.05, 4.69) is 0 Å². The molecule has 0 unspecified atom stereocenters. The summed E-state index contributed by atoms with van der Waals surface area (Å²) >= 11 is 0. The van der Waals surface area contributed by atoms with E-state index in [1.807, 2.05) is 35.9 Å². The van der Waals surface area contributed by atoms with Gasteiger partial charge in [0.1, 0.15) is 5.52 Å². The van der Waals surface area contributed by atoms with E-state index in [0.717, 1.165) is 10.9 Å². The normalized spacial score (nSPS) is 11.3. The summed E-state index contributed by atoms with van der Waals surface area (Å²) in [6.45, 7) is 0. The van der Waals surface area contributed by atoms with Crippen molar-refractivity contribution in [2.75, 3.05) is 0 Å². The van der Waals surface area contributed by atoms with Gasteiger partial charge in [0.05, 0.1) is 11.8 Å². The predicted octanol–water partition coefficient (Wildman–Crippen LogP) is 2.28.